The highest BCUT2D eigenvalue weighted by Gasteiger charge is 2.26. The average molecular weight is 406 g/mol. The monoisotopic (exact) mass is 405 g/mol. The first-order chi connectivity index (χ1) is 13.8. The van der Waals surface area contributed by atoms with E-state index in [9.17, 15) is 9.59 Å². The molecule has 1 rings (SSSR count). The van der Waals surface area contributed by atoms with E-state index in [1.165, 1.54) is 51.6 Å². The molecule has 1 aliphatic rings. The van der Waals surface area contributed by atoms with Crippen LogP contribution in [0.15, 0.2) is 22.3 Å². The van der Waals surface area contributed by atoms with E-state index in [0.29, 0.717) is 16.7 Å². The molecule has 0 aromatic carbocycles. The van der Waals surface area contributed by atoms with Crippen molar-refractivity contribution >= 4 is 11.6 Å². The molecule has 0 unspecified atom stereocenters. The molecule has 0 atom stereocenters. The number of allylic oxidation sites excluding steroid dienone is 4. The average Bonchev–Trinajstić information content (AvgIpc) is 2.69. The maximum Gasteiger partial charge on any atom is 0.185 e. The Balaban J connectivity index is 0.00000379. The number of carbonyl (C=O) groups excluding carboxylic acids is 2. The number of rotatable bonds is 13. The van der Waals surface area contributed by atoms with Crippen LogP contribution in [0.25, 0.3) is 0 Å². The zero-order valence-corrected chi connectivity index (χ0v) is 20.6. The third-order valence-electron chi connectivity index (χ3n) is 5.70. The van der Waals surface area contributed by atoms with Gasteiger partial charge in [-0.1, -0.05) is 66.2 Å². The molecule has 0 radical (unpaired) electrons. The Morgan fingerprint density at radius 2 is 1.14 bits per heavy atom. The molecule has 3 nitrogen and oxygen atoms in total. The van der Waals surface area contributed by atoms with E-state index < -0.39 is 0 Å². The van der Waals surface area contributed by atoms with Crippen LogP contribution in [0.4, 0.5) is 0 Å². The maximum absolute atomic E-state index is 12.4. The van der Waals surface area contributed by atoms with Gasteiger partial charge in [0.25, 0.3) is 0 Å². The van der Waals surface area contributed by atoms with Gasteiger partial charge in [-0.2, -0.15) is 0 Å². The number of carbonyl (C=O) groups is 2. The van der Waals surface area contributed by atoms with Crippen molar-refractivity contribution < 1.29 is 9.59 Å². The fourth-order valence-electron chi connectivity index (χ4n) is 3.92. The van der Waals surface area contributed by atoms with Gasteiger partial charge < -0.3 is 4.90 Å². The molecule has 0 saturated carbocycles. The van der Waals surface area contributed by atoms with Gasteiger partial charge in [0.2, 0.25) is 0 Å². The van der Waals surface area contributed by atoms with Crippen LogP contribution in [0.5, 0.6) is 0 Å². The number of hydrogen-bond acceptors (Lipinski definition) is 3. The van der Waals surface area contributed by atoms with Gasteiger partial charge in [0.05, 0.1) is 0 Å². The van der Waals surface area contributed by atoms with Crippen LogP contribution in [0, 0.1) is 5.92 Å². The van der Waals surface area contributed by atoms with Crippen molar-refractivity contribution in [2.24, 2.45) is 5.92 Å². The Morgan fingerprint density at radius 3 is 1.66 bits per heavy atom. The zero-order chi connectivity index (χ0) is 22.4. The maximum atomic E-state index is 12.4. The van der Waals surface area contributed by atoms with E-state index in [-0.39, 0.29) is 11.6 Å². The molecule has 3 heteroatoms. The van der Waals surface area contributed by atoms with Gasteiger partial charge in [0.15, 0.2) is 11.6 Å². The van der Waals surface area contributed by atoms with Crippen LogP contribution in [0.1, 0.15) is 106 Å². The molecular weight excluding hydrogens is 358 g/mol. The van der Waals surface area contributed by atoms with E-state index in [1.807, 2.05) is 20.8 Å². The number of hydrogen-bond donors (Lipinski definition) is 0. The minimum atomic E-state index is 0.0566. The van der Waals surface area contributed by atoms with E-state index in [4.69, 9.17) is 0 Å². The molecule has 29 heavy (non-hydrogen) atoms. The van der Waals surface area contributed by atoms with E-state index >= 15 is 0 Å². The van der Waals surface area contributed by atoms with E-state index in [1.54, 1.807) is 13.8 Å². The number of unbranched alkanes of at least 4 members (excludes halogenated alkanes) is 7. The van der Waals surface area contributed by atoms with Crippen LogP contribution >= 0.6 is 0 Å². The van der Waals surface area contributed by atoms with Crippen LogP contribution in [0.2, 0.25) is 0 Å². The van der Waals surface area contributed by atoms with Gasteiger partial charge in [0, 0.05) is 28.8 Å². The topological polar surface area (TPSA) is 37.4 Å². The van der Waals surface area contributed by atoms with Crippen molar-refractivity contribution in [2.75, 3.05) is 20.1 Å². The van der Waals surface area contributed by atoms with Gasteiger partial charge in [-0.05, 0) is 59.5 Å². The SMILES string of the molecule is CC.CC1=C(C)C(=O)C(CCCCCCCCCCN(C)CC(C)C)=C(C)C1=O. The third kappa shape index (κ3) is 10.4. The lowest BCUT2D eigenvalue weighted by atomic mass is 9.84. The summed E-state index contributed by atoms with van der Waals surface area (Å²) in [5.41, 5.74) is 2.69. The Kier molecular flexibility index (Phi) is 14.9. The largest absolute Gasteiger partial charge is 0.306 e. The van der Waals surface area contributed by atoms with Gasteiger partial charge >= 0.3 is 0 Å². The quantitative estimate of drug-likeness (QED) is 0.246. The van der Waals surface area contributed by atoms with Crippen LogP contribution < -0.4 is 0 Å². The summed E-state index contributed by atoms with van der Waals surface area (Å²) in [6.45, 7) is 16.3. The zero-order valence-electron chi connectivity index (χ0n) is 20.6. The molecule has 0 aromatic heterocycles. The molecule has 0 aromatic rings. The van der Waals surface area contributed by atoms with Crippen molar-refractivity contribution in [2.45, 2.75) is 106 Å². The van der Waals surface area contributed by atoms with Crippen molar-refractivity contribution in [3.63, 3.8) is 0 Å². The van der Waals surface area contributed by atoms with Gasteiger partial charge in [-0.3, -0.25) is 9.59 Å². The molecule has 0 amide bonds. The molecule has 0 heterocycles. The van der Waals surface area contributed by atoms with Gasteiger partial charge in [0.1, 0.15) is 0 Å². The number of Topliss-reactive ketones (excluding diaryl/α,β-unsaturated/α-hetero) is 2. The predicted molar refractivity (Wildman–Crippen MR) is 126 cm³/mol. The second kappa shape index (κ2) is 15.6. The normalized spacial score (nSPS) is 14.8. The minimum Gasteiger partial charge on any atom is -0.306 e. The van der Waals surface area contributed by atoms with Crippen molar-refractivity contribution in [3.05, 3.63) is 22.3 Å². The highest BCUT2D eigenvalue weighted by Crippen LogP contribution is 2.27. The smallest absolute Gasteiger partial charge is 0.185 e. The Hall–Kier alpha value is -1.22. The minimum absolute atomic E-state index is 0.0566. The van der Waals surface area contributed by atoms with Crippen molar-refractivity contribution in [1.29, 1.82) is 0 Å². The summed E-state index contributed by atoms with van der Waals surface area (Å²) in [6.07, 6.45) is 10.7. The van der Waals surface area contributed by atoms with Crippen LogP contribution in [-0.2, 0) is 9.59 Å². The molecular formula is C26H47NO2. The lowest BCUT2D eigenvalue weighted by Crippen LogP contribution is -2.24. The van der Waals surface area contributed by atoms with E-state index in [2.05, 4.69) is 25.8 Å². The van der Waals surface area contributed by atoms with Gasteiger partial charge in [-0.25, -0.2) is 0 Å². The number of ketones is 2. The number of nitrogens with zero attached hydrogens (tertiary/aromatic N) is 1. The summed E-state index contributed by atoms with van der Waals surface area (Å²) in [5, 5.41) is 0. The summed E-state index contributed by atoms with van der Waals surface area (Å²) >= 11 is 0. The van der Waals surface area contributed by atoms with Crippen LogP contribution in [0.3, 0.4) is 0 Å². The molecule has 168 valence electrons. The Labute approximate surface area is 181 Å². The van der Waals surface area contributed by atoms with Crippen molar-refractivity contribution in [3.8, 4) is 0 Å². The second-order valence-electron chi connectivity index (χ2n) is 8.75. The standard InChI is InChI=1S/C24H41NO2.C2H6/c1-18(2)17-25(6)16-14-12-10-8-7-9-11-13-15-22-21(5)23(26)19(3)20(4)24(22)27;1-2/h18H,7-17H2,1-6H3;1-2H3. The second-order valence-corrected chi connectivity index (χ2v) is 8.75. The van der Waals surface area contributed by atoms with Crippen LogP contribution in [-0.4, -0.2) is 36.6 Å². The molecule has 1 aliphatic carbocycles. The summed E-state index contributed by atoms with van der Waals surface area (Å²) in [7, 11) is 2.22. The predicted octanol–water partition coefficient (Wildman–Crippen LogP) is 6.92. The van der Waals surface area contributed by atoms with Crippen molar-refractivity contribution in [1.82, 2.24) is 4.90 Å². The molecule has 0 saturated heterocycles. The molecule has 0 fully saturated rings. The lowest BCUT2D eigenvalue weighted by Gasteiger charge is -2.18. The summed E-state index contributed by atoms with van der Waals surface area (Å²) < 4.78 is 0. The first-order valence-corrected chi connectivity index (χ1v) is 11.9. The molecule has 0 bridgehead atoms. The Morgan fingerprint density at radius 1 is 0.690 bits per heavy atom. The lowest BCUT2D eigenvalue weighted by molar-refractivity contribution is -0.116. The third-order valence-corrected chi connectivity index (χ3v) is 5.70. The fraction of sp³-hybridized carbons (Fsp3) is 0.769. The summed E-state index contributed by atoms with van der Waals surface area (Å²) in [6, 6.07) is 0. The summed E-state index contributed by atoms with van der Waals surface area (Å²) in [4.78, 5) is 27.0. The summed E-state index contributed by atoms with van der Waals surface area (Å²) in [5.74, 6) is 0.897. The first kappa shape index (κ1) is 27.8. The Bertz CT molecular complexity index is 569. The fourth-order valence-corrected chi connectivity index (χ4v) is 3.92. The van der Waals surface area contributed by atoms with E-state index in [0.717, 1.165) is 30.8 Å². The highest BCUT2D eigenvalue weighted by atomic mass is 16.1. The van der Waals surface area contributed by atoms with Gasteiger partial charge in [-0.15, -0.1) is 0 Å². The molecule has 0 spiro atoms. The molecule has 0 aliphatic heterocycles. The first-order valence-electron chi connectivity index (χ1n) is 11.9. The highest BCUT2D eigenvalue weighted by molar-refractivity contribution is 6.24. The molecule has 0 N–H and O–H groups in total.